The standard InChI is InChI=1S/C20H16FNS/c21-18-10-6-16(7-11-18)14-22-19-12-8-17(9-13-19)15-23-20-4-2-1-3-5-20/h1-14H,15H2. The highest BCUT2D eigenvalue weighted by Gasteiger charge is 1.97. The van der Waals surface area contributed by atoms with Crippen molar-refractivity contribution in [2.45, 2.75) is 10.6 Å². The van der Waals surface area contributed by atoms with Crippen molar-refractivity contribution in [3.63, 3.8) is 0 Å². The third-order valence-corrected chi connectivity index (χ3v) is 4.40. The van der Waals surface area contributed by atoms with Gasteiger partial charge in [-0.2, -0.15) is 0 Å². The summed E-state index contributed by atoms with van der Waals surface area (Å²) in [4.78, 5) is 5.68. The molecule has 0 heterocycles. The molecule has 3 rings (SSSR count). The lowest BCUT2D eigenvalue weighted by atomic mass is 10.2. The lowest BCUT2D eigenvalue weighted by molar-refractivity contribution is 0.628. The number of nitrogens with zero attached hydrogens (tertiary/aromatic N) is 1. The van der Waals surface area contributed by atoms with Crippen molar-refractivity contribution in [3.05, 3.63) is 95.8 Å². The molecule has 3 heteroatoms. The second-order valence-electron chi connectivity index (χ2n) is 5.08. The molecule has 0 amide bonds. The Morgan fingerprint density at radius 2 is 1.52 bits per heavy atom. The van der Waals surface area contributed by atoms with Crippen LogP contribution in [0.3, 0.4) is 0 Å². The van der Waals surface area contributed by atoms with Crippen LogP contribution in [0.5, 0.6) is 0 Å². The zero-order chi connectivity index (χ0) is 15.9. The quantitative estimate of drug-likeness (QED) is 0.423. The monoisotopic (exact) mass is 321 g/mol. The molecular formula is C20H16FNS. The van der Waals surface area contributed by atoms with E-state index in [0.717, 1.165) is 17.0 Å². The van der Waals surface area contributed by atoms with Crippen LogP contribution in [0.1, 0.15) is 11.1 Å². The van der Waals surface area contributed by atoms with Crippen LogP contribution in [0, 0.1) is 5.82 Å². The minimum atomic E-state index is -0.234. The van der Waals surface area contributed by atoms with Crippen molar-refractivity contribution in [2.24, 2.45) is 4.99 Å². The normalized spacial score (nSPS) is 11.0. The molecule has 0 radical (unpaired) electrons. The molecule has 0 unspecified atom stereocenters. The Morgan fingerprint density at radius 1 is 0.826 bits per heavy atom. The smallest absolute Gasteiger partial charge is 0.123 e. The van der Waals surface area contributed by atoms with E-state index < -0.39 is 0 Å². The van der Waals surface area contributed by atoms with E-state index in [1.807, 2.05) is 30.0 Å². The molecule has 3 aromatic carbocycles. The van der Waals surface area contributed by atoms with E-state index in [9.17, 15) is 4.39 Å². The SMILES string of the molecule is Fc1ccc(C=Nc2ccc(CSc3ccccc3)cc2)cc1. The molecule has 0 saturated heterocycles. The summed E-state index contributed by atoms with van der Waals surface area (Å²) in [5.74, 6) is 0.703. The molecule has 0 aliphatic carbocycles. The number of hydrogen-bond donors (Lipinski definition) is 0. The van der Waals surface area contributed by atoms with Gasteiger partial charge in [-0.15, -0.1) is 11.8 Å². The summed E-state index contributed by atoms with van der Waals surface area (Å²) in [5.41, 5.74) is 3.04. The highest BCUT2D eigenvalue weighted by Crippen LogP contribution is 2.23. The summed E-state index contributed by atoms with van der Waals surface area (Å²) in [6, 6.07) is 24.8. The van der Waals surface area contributed by atoms with Crippen LogP contribution in [-0.2, 0) is 5.75 Å². The Hall–Kier alpha value is -2.39. The Morgan fingerprint density at radius 3 is 2.22 bits per heavy atom. The topological polar surface area (TPSA) is 12.4 Å². The van der Waals surface area contributed by atoms with E-state index >= 15 is 0 Å². The Bertz CT molecular complexity index is 765. The second kappa shape index (κ2) is 7.75. The lowest BCUT2D eigenvalue weighted by Gasteiger charge is -2.02. The van der Waals surface area contributed by atoms with Crippen molar-refractivity contribution in [1.82, 2.24) is 0 Å². The number of hydrogen-bond acceptors (Lipinski definition) is 2. The van der Waals surface area contributed by atoms with Crippen LogP contribution in [0.15, 0.2) is 88.8 Å². The zero-order valence-corrected chi connectivity index (χ0v) is 13.3. The second-order valence-corrected chi connectivity index (χ2v) is 6.13. The molecule has 0 fully saturated rings. The largest absolute Gasteiger partial charge is 0.256 e. The molecule has 0 N–H and O–H groups in total. The number of aliphatic imine (C=N–C) groups is 1. The molecule has 0 spiro atoms. The summed E-state index contributed by atoms with van der Waals surface area (Å²) in [6.45, 7) is 0. The van der Waals surface area contributed by atoms with Gasteiger partial charge in [0.1, 0.15) is 5.82 Å². The first-order chi connectivity index (χ1) is 11.3. The fraction of sp³-hybridized carbons (Fsp3) is 0.0500. The van der Waals surface area contributed by atoms with E-state index in [1.165, 1.54) is 22.6 Å². The predicted octanol–water partition coefficient (Wildman–Crippen LogP) is 5.87. The number of benzene rings is 3. The molecule has 0 aliphatic rings. The van der Waals surface area contributed by atoms with Gasteiger partial charge in [-0.05, 0) is 47.5 Å². The summed E-state index contributed by atoms with van der Waals surface area (Å²) in [7, 11) is 0. The van der Waals surface area contributed by atoms with Crippen LogP contribution in [0.2, 0.25) is 0 Å². The van der Waals surface area contributed by atoms with Gasteiger partial charge in [0, 0.05) is 16.9 Å². The molecule has 0 saturated carbocycles. The van der Waals surface area contributed by atoms with Crippen LogP contribution in [0.4, 0.5) is 10.1 Å². The van der Waals surface area contributed by atoms with Crippen molar-refractivity contribution in [1.29, 1.82) is 0 Å². The third kappa shape index (κ3) is 4.80. The van der Waals surface area contributed by atoms with E-state index in [4.69, 9.17) is 0 Å². The Labute approximate surface area is 139 Å². The zero-order valence-electron chi connectivity index (χ0n) is 12.5. The minimum absolute atomic E-state index is 0.234. The van der Waals surface area contributed by atoms with Crippen LogP contribution in [-0.4, -0.2) is 6.21 Å². The molecular weight excluding hydrogens is 305 g/mol. The number of rotatable bonds is 5. The Kier molecular flexibility index (Phi) is 5.22. The van der Waals surface area contributed by atoms with Gasteiger partial charge in [-0.3, -0.25) is 4.99 Å². The van der Waals surface area contributed by atoms with Gasteiger partial charge in [-0.1, -0.05) is 42.5 Å². The van der Waals surface area contributed by atoms with Gasteiger partial charge in [0.25, 0.3) is 0 Å². The average molecular weight is 321 g/mol. The fourth-order valence-electron chi connectivity index (χ4n) is 2.06. The molecule has 0 aliphatic heterocycles. The van der Waals surface area contributed by atoms with Gasteiger partial charge in [0.2, 0.25) is 0 Å². The average Bonchev–Trinajstić information content (AvgIpc) is 2.61. The maximum Gasteiger partial charge on any atom is 0.123 e. The van der Waals surface area contributed by atoms with Crippen LogP contribution >= 0.6 is 11.8 Å². The van der Waals surface area contributed by atoms with Gasteiger partial charge < -0.3 is 0 Å². The molecule has 3 aromatic rings. The van der Waals surface area contributed by atoms with E-state index in [1.54, 1.807) is 18.3 Å². The number of thioether (sulfide) groups is 1. The number of halogens is 1. The third-order valence-electron chi connectivity index (χ3n) is 3.32. The molecule has 114 valence electrons. The summed E-state index contributed by atoms with van der Waals surface area (Å²) < 4.78 is 12.8. The lowest BCUT2D eigenvalue weighted by Crippen LogP contribution is -1.82. The van der Waals surface area contributed by atoms with Crippen molar-refractivity contribution in [2.75, 3.05) is 0 Å². The molecule has 0 bridgehead atoms. The minimum Gasteiger partial charge on any atom is -0.256 e. The van der Waals surface area contributed by atoms with E-state index in [-0.39, 0.29) is 5.82 Å². The van der Waals surface area contributed by atoms with Crippen molar-refractivity contribution in [3.8, 4) is 0 Å². The molecule has 1 nitrogen and oxygen atoms in total. The van der Waals surface area contributed by atoms with Crippen LogP contribution < -0.4 is 0 Å². The molecule has 23 heavy (non-hydrogen) atoms. The Balaban J connectivity index is 1.59. The summed E-state index contributed by atoms with van der Waals surface area (Å²) in [5, 5.41) is 0. The predicted molar refractivity (Wildman–Crippen MR) is 96.1 cm³/mol. The maximum atomic E-state index is 12.8. The summed E-state index contributed by atoms with van der Waals surface area (Å²) >= 11 is 1.82. The van der Waals surface area contributed by atoms with Gasteiger partial charge in [-0.25, -0.2) is 4.39 Å². The summed E-state index contributed by atoms with van der Waals surface area (Å²) in [6.07, 6.45) is 1.74. The first kappa shape index (κ1) is 15.5. The van der Waals surface area contributed by atoms with E-state index in [2.05, 4.69) is 41.4 Å². The first-order valence-electron chi connectivity index (χ1n) is 7.36. The highest BCUT2D eigenvalue weighted by atomic mass is 32.2. The maximum absolute atomic E-state index is 12.8. The first-order valence-corrected chi connectivity index (χ1v) is 8.34. The van der Waals surface area contributed by atoms with Crippen molar-refractivity contribution < 1.29 is 4.39 Å². The van der Waals surface area contributed by atoms with Crippen molar-refractivity contribution >= 4 is 23.7 Å². The van der Waals surface area contributed by atoms with Gasteiger partial charge in [0.05, 0.1) is 5.69 Å². The highest BCUT2D eigenvalue weighted by molar-refractivity contribution is 7.98. The fourth-order valence-corrected chi connectivity index (χ4v) is 2.93. The van der Waals surface area contributed by atoms with E-state index in [0.29, 0.717) is 0 Å². The molecule has 0 atom stereocenters. The molecule has 0 aromatic heterocycles. The van der Waals surface area contributed by atoms with Crippen LogP contribution in [0.25, 0.3) is 0 Å². The van der Waals surface area contributed by atoms with Gasteiger partial charge in [0.15, 0.2) is 0 Å². The van der Waals surface area contributed by atoms with Gasteiger partial charge >= 0.3 is 0 Å².